The van der Waals surface area contributed by atoms with Crippen LogP contribution in [0.25, 0.3) is 21.7 Å². The second-order valence-electron chi connectivity index (χ2n) is 8.22. The van der Waals surface area contributed by atoms with Gasteiger partial charge in [-0.05, 0) is 37.8 Å². The van der Waals surface area contributed by atoms with Crippen molar-refractivity contribution in [3.8, 4) is 16.5 Å². The van der Waals surface area contributed by atoms with E-state index >= 15 is 0 Å². The second-order valence-corrected chi connectivity index (χ2v) is 9.17. The lowest BCUT2D eigenvalue weighted by molar-refractivity contribution is -0.122. The van der Waals surface area contributed by atoms with Crippen molar-refractivity contribution in [1.82, 2.24) is 24.8 Å². The van der Waals surface area contributed by atoms with E-state index in [1.165, 1.54) is 15.9 Å². The third-order valence-electron chi connectivity index (χ3n) is 5.27. The Morgan fingerprint density at radius 3 is 2.88 bits per heavy atom. The zero-order chi connectivity index (χ0) is 23.2. The molecule has 176 valence electrons. The highest BCUT2D eigenvalue weighted by molar-refractivity contribution is 7.13. The zero-order valence-corrected chi connectivity index (χ0v) is 19.8. The van der Waals surface area contributed by atoms with Crippen molar-refractivity contribution in [1.29, 1.82) is 0 Å². The summed E-state index contributed by atoms with van der Waals surface area (Å²) < 4.78 is 12.6. The number of hydrogen-bond acceptors (Lipinski definition) is 8. The standard InChI is InChI=1S/C23H29N5O4S/c1-16(2)25-20(29)15-28-22(19-5-3-12-33-19)26-21-18(23(28)30)13-17(14-24-21)32-9-4-6-27-7-10-31-11-8-27/h3,5,12-14,16H,4,6-11,15H2,1-2H3,(H,25,29). The average molecular weight is 472 g/mol. The Bertz CT molecular complexity index is 1140. The molecule has 0 bridgehead atoms. The molecule has 1 aliphatic heterocycles. The number of carbonyl (C=O) groups is 1. The summed E-state index contributed by atoms with van der Waals surface area (Å²) in [5.74, 6) is 0.716. The lowest BCUT2D eigenvalue weighted by Gasteiger charge is -2.26. The van der Waals surface area contributed by atoms with Gasteiger partial charge in [0, 0.05) is 25.7 Å². The Labute approximate surface area is 196 Å². The lowest BCUT2D eigenvalue weighted by Crippen LogP contribution is -2.37. The first kappa shape index (κ1) is 23.3. The summed E-state index contributed by atoms with van der Waals surface area (Å²) in [4.78, 5) is 38.0. The molecular formula is C23H29N5O4S. The molecule has 0 spiro atoms. The van der Waals surface area contributed by atoms with Crippen LogP contribution < -0.4 is 15.6 Å². The summed E-state index contributed by atoms with van der Waals surface area (Å²) in [6, 6.07) is 5.41. The van der Waals surface area contributed by atoms with Crippen molar-refractivity contribution in [2.75, 3.05) is 39.5 Å². The van der Waals surface area contributed by atoms with Crippen molar-refractivity contribution in [2.45, 2.75) is 32.9 Å². The van der Waals surface area contributed by atoms with Gasteiger partial charge in [0.1, 0.15) is 12.3 Å². The van der Waals surface area contributed by atoms with Crippen LogP contribution in [0.1, 0.15) is 20.3 Å². The van der Waals surface area contributed by atoms with Crippen molar-refractivity contribution >= 4 is 28.3 Å². The summed E-state index contributed by atoms with van der Waals surface area (Å²) >= 11 is 1.46. The van der Waals surface area contributed by atoms with Crippen molar-refractivity contribution in [3.63, 3.8) is 0 Å². The van der Waals surface area contributed by atoms with Gasteiger partial charge in [0.2, 0.25) is 5.91 Å². The van der Waals surface area contributed by atoms with Crippen LogP contribution in [0.15, 0.2) is 34.6 Å². The SMILES string of the molecule is CC(C)NC(=O)Cn1c(-c2cccs2)nc2ncc(OCCCN3CCOCC3)cc2c1=O. The molecule has 0 unspecified atom stereocenters. The van der Waals surface area contributed by atoms with Crippen LogP contribution in [0.3, 0.4) is 0 Å². The number of nitrogens with zero attached hydrogens (tertiary/aromatic N) is 4. The van der Waals surface area contributed by atoms with Gasteiger partial charge in [-0.15, -0.1) is 11.3 Å². The molecule has 33 heavy (non-hydrogen) atoms. The molecule has 0 aromatic carbocycles. The number of nitrogens with one attached hydrogen (secondary N) is 1. The van der Waals surface area contributed by atoms with Crippen LogP contribution in [0.2, 0.25) is 0 Å². The number of amides is 1. The normalized spacial score (nSPS) is 14.6. The Hall–Kier alpha value is -2.82. The van der Waals surface area contributed by atoms with Crippen LogP contribution in [0, 0.1) is 0 Å². The van der Waals surface area contributed by atoms with Crippen LogP contribution >= 0.6 is 11.3 Å². The largest absolute Gasteiger partial charge is 0.492 e. The summed E-state index contributed by atoms with van der Waals surface area (Å²) in [6.07, 6.45) is 2.46. The number of aromatic nitrogens is 3. The molecule has 1 fully saturated rings. The van der Waals surface area contributed by atoms with Gasteiger partial charge in [-0.25, -0.2) is 9.97 Å². The van der Waals surface area contributed by atoms with E-state index in [2.05, 4.69) is 20.2 Å². The average Bonchev–Trinajstić information content (AvgIpc) is 3.34. The second kappa shape index (κ2) is 10.9. The van der Waals surface area contributed by atoms with E-state index in [9.17, 15) is 9.59 Å². The number of rotatable bonds is 9. The van der Waals surface area contributed by atoms with E-state index in [4.69, 9.17) is 9.47 Å². The molecule has 4 heterocycles. The molecule has 0 aliphatic carbocycles. The Kier molecular flexibility index (Phi) is 7.69. The Morgan fingerprint density at radius 1 is 1.33 bits per heavy atom. The van der Waals surface area contributed by atoms with E-state index in [0.29, 0.717) is 29.2 Å². The maximum atomic E-state index is 13.4. The lowest BCUT2D eigenvalue weighted by atomic mass is 10.3. The van der Waals surface area contributed by atoms with Gasteiger partial charge in [-0.1, -0.05) is 6.07 Å². The van der Waals surface area contributed by atoms with Crippen molar-refractivity contribution in [2.24, 2.45) is 0 Å². The summed E-state index contributed by atoms with van der Waals surface area (Å²) in [5.41, 5.74) is 0.0261. The van der Waals surface area contributed by atoms with Crippen LogP contribution in [-0.4, -0.2) is 70.8 Å². The Balaban J connectivity index is 1.55. The summed E-state index contributed by atoms with van der Waals surface area (Å²) in [5, 5.41) is 5.08. The van der Waals surface area contributed by atoms with Crippen LogP contribution in [-0.2, 0) is 16.1 Å². The number of fused-ring (bicyclic) bond motifs is 1. The Morgan fingerprint density at radius 2 is 2.15 bits per heavy atom. The summed E-state index contributed by atoms with van der Waals surface area (Å²) in [6.45, 7) is 8.55. The number of carbonyl (C=O) groups excluding carboxylic acids is 1. The topological polar surface area (TPSA) is 98.6 Å². The maximum Gasteiger partial charge on any atom is 0.263 e. The van der Waals surface area contributed by atoms with E-state index in [1.807, 2.05) is 31.4 Å². The zero-order valence-electron chi connectivity index (χ0n) is 19.0. The third-order valence-corrected chi connectivity index (χ3v) is 6.13. The first-order chi connectivity index (χ1) is 16.0. The molecule has 1 aliphatic rings. The maximum absolute atomic E-state index is 13.4. The van der Waals surface area contributed by atoms with Crippen molar-refractivity contribution in [3.05, 3.63) is 40.1 Å². The van der Waals surface area contributed by atoms with E-state index in [-0.39, 0.29) is 24.1 Å². The highest BCUT2D eigenvalue weighted by Crippen LogP contribution is 2.24. The fourth-order valence-corrected chi connectivity index (χ4v) is 4.44. The predicted molar refractivity (Wildman–Crippen MR) is 128 cm³/mol. The first-order valence-electron chi connectivity index (χ1n) is 11.2. The van der Waals surface area contributed by atoms with Gasteiger partial charge in [-0.3, -0.25) is 19.1 Å². The van der Waals surface area contributed by atoms with Gasteiger partial charge in [0.15, 0.2) is 11.5 Å². The fraction of sp³-hybridized carbons (Fsp3) is 0.478. The van der Waals surface area contributed by atoms with E-state index in [0.717, 1.165) is 44.1 Å². The van der Waals surface area contributed by atoms with Gasteiger partial charge >= 0.3 is 0 Å². The van der Waals surface area contributed by atoms with Gasteiger partial charge < -0.3 is 14.8 Å². The molecule has 10 heteroatoms. The van der Waals surface area contributed by atoms with Gasteiger partial charge in [-0.2, -0.15) is 0 Å². The van der Waals surface area contributed by atoms with Crippen LogP contribution in [0.4, 0.5) is 0 Å². The predicted octanol–water partition coefficient (Wildman–Crippen LogP) is 2.15. The molecule has 1 amide bonds. The minimum absolute atomic E-state index is 0.0223. The molecule has 9 nitrogen and oxygen atoms in total. The van der Waals surface area contributed by atoms with Gasteiger partial charge in [0.25, 0.3) is 5.56 Å². The monoisotopic (exact) mass is 471 g/mol. The minimum Gasteiger partial charge on any atom is -0.492 e. The quantitative estimate of drug-likeness (QED) is 0.478. The highest BCUT2D eigenvalue weighted by Gasteiger charge is 2.18. The number of morpholine rings is 1. The van der Waals surface area contributed by atoms with Gasteiger partial charge in [0.05, 0.1) is 36.3 Å². The molecule has 1 N–H and O–H groups in total. The molecule has 3 aromatic heterocycles. The molecule has 0 radical (unpaired) electrons. The molecule has 0 atom stereocenters. The number of thiophene rings is 1. The first-order valence-corrected chi connectivity index (χ1v) is 12.1. The molecule has 1 saturated heterocycles. The number of ether oxygens (including phenoxy) is 2. The molecule has 0 saturated carbocycles. The highest BCUT2D eigenvalue weighted by atomic mass is 32.1. The van der Waals surface area contributed by atoms with Crippen LogP contribution in [0.5, 0.6) is 5.75 Å². The number of pyridine rings is 1. The fourth-order valence-electron chi connectivity index (χ4n) is 3.72. The molecular weight excluding hydrogens is 442 g/mol. The van der Waals surface area contributed by atoms with Crippen molar-refractivity contribution < 1.29 is 14.3 Å². The molecule has 3 aromatic rings. The molecule has 4 rings (SSSR count). The van der Waals surface area contributed by atoms with E-state index < -0.39 is 0 Å². The smallest absolute Gasteiger partial charge is 0.263 e. The minimum atomic E-state index is -0.312. The summed E-state index contributed by atoms with van der Waals surface area (Å²) in [7, 11) is 0. The number of hydrogen-bond donors (Lipinski definition) is 1. The van der Waals surface area contributed by atoms with E-state index in [1.54, 1.807) is 12.3 Å². The third kappa shape index (κ3) is 5.95.